The van der Waals surface area contributed by atoms with E-state index < -0.39 is 0 Å². The van der Waals surface area contributed by atoms with Crippen LogP contribution in [0.25, 0.3) is 5.69 Å². The first-order valence-corrected chi connectivity index (χ1v) is 9.94. The van der Waals surface area contributed by atoms with Gasteiger partial charge in [0.05, 0.1) is 18.5 Å². The minimum atomic E-state index is -0.261. The van der Waals surface area contributed by atoms with E-state index in [9.17, 15) is 9.50 Å². The molecule has 0 spiro atoms. The van der Waals surface area contributed by atoms with Gasteiger partial charge in [0.1, 0.15) is 5.82 Å². The van der Waals surface area contributed by atoms with E-state index in [2.05, 4.69) is 28.2 Å². The summed E-state index contributed by atoms with van der Waals surface area (Å²) in [4.78, 5) is 2.33. The van der Waals surface area contributed by atoms with Gasteiger partial charge < -0.3 is 5.11 Å². The van der Waals surface area contributed by atoms with Crippen molar-refractivity contribution in [3.8, 4) is 5.69 Å². The van der Waals surface area contributed by atoms with Gasteiger partial charge in [-0.25, -0.2) is 9.07 Å². The van der Waals surface area contributed by atoms with Crippen LogP contribution in [0.5, 0.6) is 0 Å². The predicted molar refractivity (Wildman–Crippen MR) is 115 cm³/mol. The highest BCUT2D eigenvalue weighted by Gasteiger charge is 2.12. The summed E-state index contributed by atoms with van der Waals surface area (Å²) in [5.41, 5.74) is 5.17. The number of nitrogens with zero attached hydrogens (tertiary/aromatic N) is 3. The minimum absolute atomic E-state index is 0.0256. The van der Waals surface area contributed by atoms with Crippen molar-refractivity contribution >= 4 is 0 Å². The van der Waals surface area contributed by atoms with Crippen molar-refractivity contribution in [1.82, 2.24) is 14.7 Å². The van der Waals surface area contributed by atoms with E-state index in [1.165, 1.54) is 17.7 Å². The first-order chi connectivity index (χ1) is 14.7. The lowest BCUT2D eigenvalue weighted by Gasteiger charge is -2.23. The lowest BCUT2D eigenvalue weighted by atomic mass is 10.1. The Labute approximate surface area is 175 Å². The molecule has 0 fully saturated rings. The number of halogens is 1. The summed E-state index contributed by atoms with van der Waals surface area (Å²) < 4.78 is 15.0. The summed E-state index contributed by atoms with van der Waals surface area (Å²) in [5.74, 6) is -0.261. The molecular weight excluding hydrogens is 377 g/mol. The highest BCUT2D eigenvalue weighted by molar-refractivity contribution is 5.32. The molecule has 0 aliphatic heterocycles. The van der Waals surface area contributed by atoms with Gasteiger partial charge in [0.2, 0.25) is 0 Å². The molecule has 1 aromatic heterocycles. The molecule has 0 atom stereocenters. The topological polar surface area (TPSA) is 41.3 Å². The molecule has 0 amide bonds. The Kier molecular flexibility index (Phi) is 6.32. The van der Waals surface area contributed by atoms with Gasteiger partial charge in [0.15, 0.2) is 0 Å². The highest BCUT2D eigenvalue weighted by Crippen LogP contribution is 2.18. The Bertz CT molecular complexity index is 1080. The zero-order valence-electron chi connectivity index (χ0n) is 16.7. The normalized spacial score (nSPS) is 11.2. The number of hydrogen-bond acceptors (Lipinski definition) is 3. The van der Waals surface area contributed by atoms with Gasteiger partial charge in [0.25, 0.3) is 0 Å². The largest absolute Gasteiger partial charge is 0.392 e. The zero-order chi connectivity index (χ0) is 20.8. The average molecular weight is 401 g/mol. The molecule has 152 valence electrons. The molecule has 0 unspecified atom stereocenters. The second-order valence-electron chi connectivity index (χ2n) is 7.33. The molecule has 1 heterocycles. The van der Waals surface area contributed by atoms with Crippen molar-refractivity contribution in [2.75, 3.05) is 0 Å². The summed E-state index contributed by atoms with van der Waals surface area (Å²) in [6, 6.07) is 24.6. The van der Waals surface area contributed by atoms with E-state index in [1.807, 2.05) is 48.8 Å². The fourth-order valence-corrected chi connectivity index (χ4v) is 3.55. The van der Waals surface area contributed by atoms with Crippen LogP contribution in [0.3, 0.4) is 0 Å². The molecule has 0 aliphatic carbocycles. The number of aromatic nitrogens is 2. The third-order valence-corrected chi connectivity index (χ3v) is 5.07. The van der Waals surface area contributed by atoms with Gasteiger partial charge in [-0.2, -0.15) is 5.10 Å². The molecular formula is C25H24FN3O. The quantitative estimate of drug-likeness (QED) is 0.465. The van der Waals surface area contributed by atoms with Gasteiger partial charge in [-0.1, -0.05) is 54.6 Å². The van der Waals surface area contributed by atoms with Gasteiger partial charge in [-0.05, 0) is 41.0 Å². The lowest BCUT2D eigenvalue weighted by Crippen LogP contribution is -2.23. The number of benzene rings is 3. The van der Waals surface area contributed by atoms with Gasteiger partial charge in [-0.15, -0.1) is 0 Å². The van der Waals surface area contributed by atoms with Crippen molar-refractivity contribution < 1.29 is 9.50 Å². The highest BCUT2D eigenvalue weighted by atomic mass is 19.1. The van der Waals surface area contributed by atoms with E-state index in [0.29, 0.717) is 13.1 Å². The maximum atomic E-state index is 13.2. The number of hydrogen-bond donors (Lipinski definition) is 1. The van der Waals surface area contributed by atoms with Gasteiger partial charge >= 0.3 is 0 Å². The Morgan fingerprint density at radius 1 is 0.767 bits per heavy atom. The Hall–Kier alpha value is -3.28. The molecule has 4 rings (SSSR count). The Morgan fingerprint density at radius 3 is 2.17 bits per heavy atom. The van der Waals surface area contributed by atoms with Crippen LogP contribution < -0.4 is 0 Å². The zero-order valence-corrected chi connectivity index (χ0v) is 16.7. The second kappa shape index (κ2) is 9.48. The molecule has 0 bridgehead atoms. The molecule has 0 aliphatic rings. The average Bonchev–Trinajstić information content (AvgIpc) is 3.24. The standard InChI is InChI=1S/C25H24FN3O/c26-24-10-12-25(13-11-24)29-17-21(14-27-29)16-28(15-20-6-2-1-3-7-20)18-22-8-4-5-9-23(22)19-30/h1-14,17,30H,15-16,18-19H2. The fourth-order valence-electron chi connectivity index (χ4n) is 3.55. The monoisotopic (exact) mass is 401 g/mol. The molecule has 1 N–H and O–H groups in total. The molecule has 0 radical (unpaired) electrons. The molecule has 3 aromatic carbocycles. The SMILES string of the molecule is OCc1ccccc1CN(Cc1ccccc1)Cc1cnn(-c2ccc(F)cc2)c1. The second-order valence-corrected chi connectivity index (χ2v) is 7.33. The fraction of sp³-hybridized carbons (Fsp3) is 0.160. The van der Waals surface area contributed by atoms with Crippen molar-refractivity contribution in [2.45, 2.75) is 26.2 Å². The van der Waals surface area contributed by atoms with Crippen LogP contribution in [0, 0.1) is 5.82 Å². The molecule has 4 aromatic rings. The first kappa shape index (κ1) is 20.0. The Balaban J connectivity index is 1.55. The molecule has 30 heavy (non-hydrogen) atoms. The van der Waals surface area contributed by atoms with E-state index in [0.717, 1.165) is 28.9 Å². The van der Waals surface area contributed by atoms with Crippen LogP contribution >= 0.6 is 0 Å². The maximum Gasteiger partial charge on any atom is 0.123 e. The van der Waals surface area contributed by atoms with E-state index in [1.54, 1.807) is 16.8 Å². The van der Waals surface area contributed by atoms with Crippen molar-refractivity contribution in [3.63, 3.8) is 0 Å². The van der Waals surface area contributed by atoms with Crippen LogP contribution in [0.2, 0.25) is 0 Å². The van der Waals surface area contributed by atoms with Crippen molar-refractivity contribution in [2.24, 2.45) is 0 Å². The summed E-state index contributed by atoms with van der Waals surface area (Å²) >= 11 is 0. The third kappa shape index (κ3) is 5.00. The van der Waals surface area contributed by atoms with Crippen molar-refractivity contribution in [3.05, 3.63) is 119 Å². The van der Waals surface area contributed by atoms with Gasteiger partial charge in [-0.3, -0.25) is 4.90 Å². The molecule has 0 saturated heterocycles. The van der Waals surface area contributed by atoms with E-state index in [4.69, 9.17) is 0 Å². The van der Waals surface area contributed by atoms with Crippen molar-refractivity contribution in [1.29, 1.82) is 0 Å². The summed E-state index contributed by atoms with van der Waals surface area (Å²) in [5, 5.41) is 14.1. The van der Waals surface area contributed by atoms with Crippen LogP contribution in [0.15, 0.2) is 91.3 Å². The van der Waals surface area contributed by atoms with Crippen LogP contribution in [-0.2, 0) is 26.2 Å². The molecule has 5 heteroatoms. The predicted octanol–water partition coefficient (Wildman–Crippen LogP) is 4.71. The van der Waals surface area contributed by atoms with Crippen LogP contribution in [0.4, 0.5) is 4.39 Å². The summed E-state index contributed by atoms with van der Waals surface area (Å²) in [7, 11) is 0. The third-order valence-electron chi connectivity index (χ3n) is 5.07. The number of rotatable bonds is 8. The van der Waals surface area contributed by atoms with Crippen LogP contribution in [0.1, 0.15) is 22.3 Å². The van der Waals surface area contributed by atoms with E-state index >= 15 is 0 Å². The number of aliphatic hydroxyl groups excluding tert-OH is 1. The van der Waals surface area contributed by atoms with Crippen LogP contribution in [-0.4, -0.2) is 19.8 Å². The van der Waals surface area contributed by atoms with Gasteiger partial charge in [0, 0.05) is 31.4 Å². The first-order valence-electron chi connectivity index (χ1n) is 9.94. The molecule has 0 saturated carbocycles. The van der Waals surface area contributed by atoms with E-state index in [-0.39, 0.29) is 12.4 Å². The number of aliphatic hydroxyl groups is 1. The Morgan fingerprint density at radius 2 is 1.43 bits per heavy atom. The summed E-state index contributed by atoms with van der Waals surface area (Å²) in [6.07, 6.45) is 3.82. The minimum Gasteiger partial charge on any atom is -0.392 e. The molecule has 4 nitrogen and oxygen atoms in total. The maximum absolute atomic E-state index is 13.2. The lowest BCUT2D eigenvalue weighted by molar-refractivity contribution is 0.240. The smallest absolute Gasteiger partial charge is 0.123 e. The summed E-state index contributed by atoms with van der Waals surface area (Å²) in [6.45, 7) is 2.23.